The number of hydrogen-bond donors (Lipinski definition) is 0. The molecule has 0 bridgehead atoms. The van der Waals surface area contributed by atoms with Crippen LogP contribution in [0.25, 0.3) is 10.9 Å². The van der Waals surface area contributed by atoms with E-state index in [9.17, 15) is 0 Å². The van der Waals surface area contributed by atoms with Crippen LogP contribution >= 0.6 is 0 Å². The van der Waals surface area contributed by atoms with Gasteiger partial charge in [0, 0.05) is 5.39 Å². The van der Waals surface area contributed by atoms with Crippen molar-refractivity contribution in [3.8, 4) is 11.8 Å². The van der Waals surface area contributed by atoms with Crippen LogP contribution in [0.3, 0.4) is 0 Å². The van der Waals surface area contributed by atoms with E-state index in [0.717, 1.165) is 27.9 Å². The van der Waals surface area contributed by atoms with E-state index in [0.29, 0.717) is 6.42 Å². The summed E-state index contributed by atoms with van der Waals surface area (Å²) in [6, 6.07) is 9.89. The van der Waals surface area contributed by atoms with E-state index in [1.807, 2.05) is 31.2 Å². The summed E-state index contributed by atoms with van der Waals surface area (Å²) < 4.78 is 5.27. The van der Waals surface area contributed by atoms with Gasteiger partial charge in [0.05, 0.1) is 25.3 Å². The molecule has 3 heteroatoms. The molecule has 0 saturated carbocycles. The van der Waals surface area contributed by atoms with E-state index in [-0.39, 0.29) is 0 Å². The van der Waals surface area contributed by atoms with E-state index in [4.69, 9.17) is 10.00 Å². The highest BCUT2D eigenvalue weighted by molar-refractivity contribution is 5.87. The highest BCUT2D eigenvalue weighted by Crippen LogP contribution is 2.26. The molecule has 1 heterocycles. The Morgan fingerprint density at radius 1 is 1.44 bits per heavy atom. The molecule has 0 aliphatic carbocycles. The van der Waals surface area contributed by atoms with E-state index < -0.39 is 0 Å². The molecule has 0 radical (unpaired) electrons. The number of nitriles is 1. The molecule has 0 spiro atoms. The van der Waals surface area contributed by atoms with Crippen molar-refractivity contribution in [2.75, 3.05) is 7.11 Å². The quantitative estimate of drug-likeness (QED) is 0.768. The predicted molar refractivity (Wildman–Crippen MR) is 62.3 cm³/mol. The molecule has 3 nitrogen and oxygen atoms in total. The SMILES string of the molecule is COc1cccc2c(C)cc(CC#N)nc12. The van der Waals surface area contributed by atoms with Crippen molar-refractivity contribution in [3.05, 3.63) is 35.5 Å². The van der Waals surface area contributed by atoms with Crippen LogP contribution in [0.4, 0.5) is 0 Å². The van der Waals surface area contributed by atoms with Crippen molar-refractivity contribution in [1.82, 2.24) is 4.98 Å². The second kappa shape index (κ2) is 4.19. The summed E-state index contributed by atoms with van der Waals surface area (Å²) in [6.45, 7) is 2.02. The summed E-state index contributed by atoms with van der Waals surface area (Å²) in [7, 11) is 1.63. The Morgan fingerprint density at radius 3 is 2.94 bits per heavy atom. The van der Waals surface area contributed by atoms with Crippen LogP contribution in [-0.4, -0.2) is 12.1 Å². The zero-order valence-corrected chi connectivity index (χ0v) is 9.32. The van der Waals surface area contributed by atoms with Gasteiger partial charge in [0.2, 0.25) is 0 Å². The summed E-state index contributed by atoms with van der Waals surface area (Å²) in [6.07, 6.45) is 0.328. The first-order chi connectivity index (χ1) is 7.76. The van der Waals surface area contributed by atoms with E-state index in [1.54, 1.807) is 7.11 Å². The first kappa shape index (κ1) is 10.4. The summed E-state index contributed by atoms with van der Waals surface area (Å²) in [5.41, 5.74) is 2.74. The van der Waals surface area contributed by atoms with Crippen molar-refractivity contribution in [3.63, 3.8) is 0 Å². The minimum absolute atomic E-state index is 0.328. The number of hydrogen-bond acceptors (Lipinski definition) is 3. The Balaban J connectivity index is 2.73. The first-order valence-electron chi connectivity index (χ1n) is 5.06. The third-order valence-corrected chi connectivity index (χ3v) is 2.54. The number of aromatic nitrogens is 1. The van der Waals surface area contributed by atoms with Crippen LogP contribution in [0.5, 0.6) is 5.75 Å². The van der Waals surface area contributed by atoms with Crippen molar-refractivity contribution >= 4 is 10.9 Å². The van der Waals surface area contributed by atoms with E-state index in [2.05, 4.69) is 11.1 Å². The minimum Gasteiger partial charge on any atom is -0.494 e. The second-order valence-corrected chi connectivity index (χ2v) is 3.62. The molecule has 0 aliphatic heterocycles. The van der Waals surface area contributed by atoms with Crippen molar-refractivity contribution < 1.29 is 4.74 Å². The van der Waals surface area contributed by atoms with Crippen LogP contribution in [0.1, 0.15) is 11.3 Å². The topological polar surface area (TPSA) is 45.9 Å². The maximum atomic E-state index is 8.69. The number of fused-ring (bicyclic) bond motifs is 1. The Hall–Kier alpha value is -2.08. The molecular formula is C13H12N2O. The lowest BCUT2D eigenvalue weighted by Gasteiger charge is -2.08. The molecule has 2 aromatic rings. The molecule has 0 N–H and O–H groups in total. The number of ether oxygens (including phenoxy) is 1. The lowest BCUT2D eigenvalue weighted by atomic mass is 10.1. The van der Waals surface area contributed by atoms with Crippen LogP contribution in [0.15, 0.2) is 24.3 Å². The molecule has 0 saturated heterocycles. The van der Waals surface area contributed by atoms with Crippen molar-refractivity contribution in [2.24, 2.45) is 0 Å². The number of methoxy groups -OCH3 is 1. The highest BCUT2D eigenvalue weighted by atomic mass is 16.5. The molecule has 1 aromatic heterocycles. The Morgan fingerprint density at radius 2 is 2.25 bits per heavy atom. The van der Waals surface area contributed by atoms with Gasteiger partial charge in [0.15, 0.2) is 0 Å². The van der Waals surface area contributed by atoms with Gasteiger partial charge in [0.25, 0.3) is 0 Å². The average Bonchev–Trinajstić information content (AvgIpc) is 2.29. The van der Waals surface area contributed by atoms with E-state index in [1.165, 1.54) is 0 Å². The molecule has 0 aliphatic rings. The fourth-order valence-corrected chi connectivity index (χ4v) is 1.80. The Bertz CT molecular complexity index is 570. The maximum absolute atomic E-state index is 8.69. The molecule has 0 atom stereocenters. The average molecular weight is 212 g/mol. The van der Waals surface area contributed by atoms with Gasteiger partial charge in [0.1, 0.15) is 11.3 Å². The zero-order chi connectivity index (χ0) is 11.5. The van der Waals surface area contributed by atoms with Gasteiger partial charge < -0.3 is 4.74 Å². The van der Waals surface area contributed by atoms with Gasteiger partial charge in [-0.1, -0.05) is 12.1 Å². The molecule has 0 fully saturated rings. The standard InChI is InChI=1S/C13H12N2O/c1-9-8-10(6-7-14)15-13-11(9)4-3-5-12(13)16-2/h3-5,8H,6H2,1-2H3. The summed E-state index contributed by atoms with van der Waals surface area (Å²) in [4.78, 5) is 4.45. The molecule has 80 valence electrons. The molecular weight excluding hydrogens is 200 g/mol. The number of benzene rings is 1. The van der Waals surface area contributed by atoms with Gasteiger partial charge >= 0.3 is 0 Å². The number of para-hydroxylation sites is 1. The Labute approximate surface area is 94.3 Å². The third-order valence-electron chi connectivity index (χ3n) is 2.54. The number of nitrogens with zero attached hydrogens (tertiary/aromatic N) is 2. The van der Waals surface area contributed by atoms with Crippen LogP contribution < -0.4 is 4.74 Å². The zero-order valence-electron chi connectivity index (χ0n) is 9.32. The number of pyridine rings is 1. The van der Waals surface area contributed by atoms with Gasteiger partial charge in [-0.25, -0.2) is 4.98 Å². The van der Waals surface area contributed by atoms with Crippen molar-refractivity contribution in [2.45, 2.75) is 13.3 Å². The first-order valence-corrected chi connectivity index (χ1v) is 5.06. The van der Waals surface area contributed by atoms with Crippen LogP contribution in [0.2, 0.25) is 0 Å². The predicted octanol–water partition coefficient (Wildman–Crippen LogP) is 2.62. The molecule has 0 amide bonds. The van der Waals surface area contributed by atoms with Gasteiger partial charge in [-0.15, -0.1) is 0 Å². The number of rotatable bonds is 2. The monoisotopic (exact) mass is 212 g/mol. The normalized spacial score (nSPS) is 10.1. The summed E-state index contributed by atoms with van der Waals surface area (Å²) >= 11 is 0. The van der Waals surface area contributed by atoms with Crippen LogP contribution in [-0.2, 0) is 6.42 Å². The fraction of sp³-hybridized carbons (Fsp3) is 0.231. The minimum atomic E-state index is 0.328. The summed E-state index contributed by atoms with van der Waals surface area (Å²) in [5, 5.41) is 9.76. The highest BCUT2D eigenvalue weighted by Gasteiger charge is 2.06. The van der Waals surface area contributed by atoms with Gasteiger partial charge in [-0.2, -0.15) is 5.26 Å². The summed E-state index contributed by atoms with van der Waals surface area (Å²) in [5.74, 6) is 0.750. The molecule has 2 rings (SSSR count). The van der Waals surface area contributed by atoms with Gasteiger partial charge in [-0.05, 0) is 24.6 Å². The molecule has 0 unspecified atom stereocenters. The second-order valence-electron chi connectivity index (χ2n) is 3.62. The Kier molecular flexibility index (Phi) is 2.74. The van der Waals surface area contributed by atoms with Crippen molar-refractivity contribution in [1.29, 1.82) is 5.26 Å². The van der Waals surface area contributed by atoms with Gasteiger partial charge in [-0.3, -0.25) is 0 Å². The smallest absolute Gasteiger partial charge is 0.145 e. The lowest BCUT2D eigenvalue weighted by Crippen LogP contribution is -1.94. The van der Waals surface area contributed by atoms with E-state index >= 15 is 0 Å². The molecule has 1 aromatic carbocycles. The fourth-order valence-electron chi connectivity index (χ4n) is 1.80. The molecule has 16 heavy (non-hydrogen) atoms. The number of aryl methyl sites for hydroxylation is 1. The maximum Gasteiger partial charge on any atom is 0.145 e. The van der Waals surface area contributed by atoms with Crippen LogP contribution in [0, 0.1) is 18.3 Å². The largest absolute Gasteiger partial charge is 0.494 e. The lowest BCUT2D eigenvalue weighted by molar-refractivity contribution is 0.419. The third kappa shape index (κ3) is 1.70.